The Labute approximate surface area is 197 Å². The van der Waals surface area contributed by atoms with Gasteiger partial charge in [0.05, 0.1) is 31.7 Å². The normalized spacial score (nSPS) is 11.4. The summed E-state index contributed by atoms with van der Waals surface area (Å²) in [7, 11) is 1.60. The van der Waals surface area contributed by atoms with E-state index in [0.717, 1.165) is 11.3 Å². The molecule has 9 nitrogen and oxygen atoms in total. The molecule has 3 heterocycles. The molecule has 1 aromatic carbocycles. The van der Waals surface area contributed by atoms with E-state index in [4.69, 9.17) is 4.74 Å². The van der Waals surface area contributed by atoms with E-state index in [1.165, 1.54) is 6.07 Å². The molecule has 4 rings (SSSR count). The number of rotatable bonds is 6. The number of hydrogen-bond donors (Lipinski definition) is 2. The number of amides is 2. The number of hydrogen-bond acceptors (Lipinski definition) is 7. The molecule has 1 N–H and O–H groups in total. The zero-order valence-corrected chi connectivity index (χ0v) is 18.6. The molecule has 0 spiro atoms. The van der Waals surface area contributed by atoms with Crippen molar-refractivity contribution in [1.29, 1.82) is 0 Å². The summed E-state index contributed by atoms with van der Waals surface area (Å²) in [6, 6.07) is 9.50. The fourth-order valence-electron chi connectivity index (χ4n) is 3.04. The first-order valence-corrected chi connectivity index (χ1v) is 10.2. The fourth-order valence-corrected chi connectivity index (χ4v) is 3.22. The van der Waals surface area contributed by atoms with Crippen LogP contribution >= 0.6 is 12.8 Å². The average molecular weight is 489 g/mol. The van der Waals surface area contributed by atoms with Gasteiger partial charge in [0.25, 0.3) is 0 Å². The van der Waals surface area contributed by atoms with Crippen molar-refractivity contribution in [3.05, 3.63) is 60.6 Å². The summed E-state index contributed by atoms with van der Waals surface area (Å²) in [5.41, 5.74) is 2.81. The molecule has 4 aromatic rings. The number of aromatic nitrogens is 5. The van der Waals surface area contributed by atoms with Crippen molar-refractivity contribution in [3.63, 3.8) is 0 Å². The van der Waals surface area contributed by atoms with E-state index in [-0.39, 0.29) is 11.5 Å². The molecule has 0 atom stereocenters. The van der Waals surface area contributed by atoms with Crippen molar-refractivity contribution < 1.29 is 22.7 Å². The minimum atomic E-state index is -4.54. The van der Waals surface area contributed by atoms with Gasteiger partial charge in [-0.1, -0.05) is 24.9 Å². The number of nitrogens with one attached hydrogen (secondary N) is 1. The van der Waals surface area contributed by atoms with Crippen molar-refractivity contribution in [3.8, 4) is 17.0 Å². The van der Waals surface area contributed by atoms with Crippen LogP contribution in [0.4, 0.5) is 23.8 Å². The summed E-state index contributed by atoms with van der Waals surface area (Å²) in [6.45, 7) is -0.970. The molecule has 13 heteroatoms. The molecule has 0 fully saturated rings. The highest BCUT2D eigenvalue weighted by molar-refractivity contribution is 7.82. The van der Waals surface area contributed by atoms with Crippen LogP contribution in [0.3, 0.4) is 0 Å². The van der Waals surface area contributed by atoms with E-state index >= 15 is 0 Å². The molecule has 0 aliphatic rings. The molecule has 0 unspecified atom stereocenters. The topological polar surface area (TPSA) is 98.1 Å². The number of ether oxygens (including phenoxy) is 1. The number of carbonyl (C=O) groups excluding carboxylic acids is 1. The van der Waals surface area contributed by atoms with Gasteiger partial charge in [0.15, 0.2) is 5.65 Å². The second kappa shape index (κ2) is 9.55. The van der Waals surface area contributed by atoms with Gasteiger partial charge in [0.1, 0.15) is 23.6 Å². The number of halogens is 3. The van der Waals surface area contributed by atoms with E-state index < -0.39 is 18.8 Å². The predicted octanol–water partition coefficient (Wildman–Crippen LogP) is 3.87. The third kappa shape index (κ3) is 5.54. The summed E-state index contributed by atoms with van der Waals surface area (Å²) in [4.78, 5) is 24.9. The summed E-state index contributed by atoms with van der Waals surface area (Å²) < 4.78 is 44.7. The first-order chi connectivity index (χ1) is 16.2. The standard InChI is InChI=1S/C21H18F3N7O2S/c1-33-15-4-2-3-13(7-15)10-30-11-14(8-27-30)17-9-25-16-5-6-18(29-19(16)28-17)31(34)20(32)26-12-21(22,23)24/h2-9,11,34H,10,12H2,1H3,(H,26,32). The number of nitrogens with zero attached hydrogens (tertiary/aromatic N) is 6. The van der Waals surface area contributed by atoms with Gasteiger partial charge in [0, 0.05) is 11.8 Å². The molecule has 3 aromatic heterocycles. The Morgan fingerprint density at radius 2 is 2.03 bits per heavy atom. The van der Waals surface area contributed by atoms with Gasteiger partial charge in [-0.05, 0) is 29.8 Å². The minimum Gasteiger partial charge on any atom is -0.497 e. The number of pyridine rings is 1. The zero-order valence-electron chi connectivity index (χ0n) is 17.7. The molecule has 0 saturated heterocycles. The summed E-state index contributed by atoms with van der Waals surface area (Å²) in [6.07, 6.45) is 0.452. The van der Waals surface area contributed by atoms with Gasteiger partial charge in [0.2, 0.25) is 0 Å². The lowest BCUT2D eigenvalue weighted by Crippen LogP contribution is -2.40. The van der Waals surface area contributed by atoms with Crippen molar-refractivity contribution in [2.75, 3.05) is 18.0 Å². The first-order valence-electron chi connectivity index (χ1n) is 9.85. The number of carbonyl (C=O) groups is 1. The Balaban J connectivity index is 1.53. The highest BCUT2D eigenvalue weighted by Crippen LogP contribution is 2.22. The van der Waals surface area contributed by atoms with Crippen LogP contribution in [-0.4, -0.2) is 50.6 Å². The van der Waals surface area contributed by atoms with E-state index in [0.29, 0.717) is 27.6 Å². The molecule has 0 aliphatic heterocycles. The molecular formula is C21H18F3N7O2S. The lowest BCUT2D eigenvalue weighted by atomic mass is 10.2. The monoisotopic (exact) mass is 489 g/mol. The van der Waals surface area contributed by atoms with Crippen LogP contribution in [0.2, 0.25) is 0 Å². The van der Waals surface area contributed by atoms with Crippen LogP contribution in [0.25, 0.3) is 22.4 Å². The molecular weight excluding hydrogens is 471 g/mol. The third-order valence-corrected chi connectivity index (χ3v) is 5.04. The molecule has 0 radical (unpaired) electrons. The zero-order chi connectivity index (χ0) is 24.3. The molecule has 176 valence electrons. The molecule has 0 aliphatic carbocycles. The second-order valence-corrected chi connectivity index (χ2v) is 7.53. The lowest BCUT2D eigenvalue weighted by Gasteiger charge is -2.16. The number of fused-ring (bicyclic) bond motifs is 1. The first kappa shape index (κ1) is 23.3. The summed E-state index contributed by atoms with van der Waals surface area (Å²) >= 11 is 3.95. The Bertz CT molecular complexity index is 1330. The number of benzene rings is 1. The SMILES string of the molecule is COc1cccc(Cn2cc(-c3cnc4ccc(N(S)C(=O)NCC(F)(F)F)nc4n3)cn2)c1. The second-order valence-electron chi connectivity index (χ2n) is 7.13. The lowest BCUT2D eigenvalue weighted by molar-refractivity contribution is -0.122. The van der Waals surface area contributed by atoms with Crippen LogP contribution in [0.1, 0.15) is 5.56 Å². The van der Waals surface area contributed by atoms with Crippen molar-refractivity contribution in [2.45, 2.75) is 12.7 Å². The fraction of sp³-hybridized carbons (Fsp3) is 0.190. The number of methoxy groups -OCH3 is 1. The van der Waals surface area contributed by atoms with Crippen LogP contribution in [0, 0.1) is 0 Å². The van der Waals surface area contributed by atoms with Gasteiger partial charge < -0.3 is 10.1 Å². The van der Waals surface area contributed by atoms with Gasteiger partial charge in [-0.2, -0.15) is 18.3 Å². The van der Waals surface area contributed by atoms with E-state index in [1.807, 2.05) is 24.3 Å². The van der Waals surface area contributed by atoms with Gasteiger partial charge >= 0.3 is 12.2 Å². The number of anilines is 1. The Hall–Kier alpha value is -3.87. The van der Waals surface area contributed by atoms with Crippen molar-refractivity contribution in [1.82, 2.24) is 30.0 Å². The minimum absolute atomic E-state index is 0.00400. The molecule has 0 bridgehead atoms. The maximum Gasteiger partial charge on any atom is 0.405 e. The van der Waals surface area contributed by atoms with Crippen LogP contribution in [-0.2, 0) is 6.54 Å². The maximum atomic E-state index is 12.3. The van der Waals surface area contributed by atoms with E-state index in [1.54, 1.807) is 41.8 Å². The highest BCUT2D eigenvalue weighted by Gasteiger charge is 2.29. The molecule has 0 saturated carbocycles. The average Bonchev–Trinajstić information content (AvgIpc) is 3.29. The van der Waals surface area contributed by atoms with Crippen LogP contribution in [0.15, 0.2) is 55.0 Å². The quantitative estimate of drug-likeness (QED) is 0.399. The van der Waals surface area contributed by atoms with Crippen molar-refractivity contribution in [2.24, 2.45) is 0 Å². The predicted molar refractivity (Wildman–Crippen MR) is 122 cm³/mol. The number of urea groups is 1. The highest BCUT2D eigenvalue weighted by atomic mass is 32.1. The van der Waals surface area contributed by atoms with Crippen LogP contribution < -0.4 is 14.4 Å². The number of alkyl halides is 3. The Morgan fingerprint density at radius 1 is 1.21 bits per heavy atom. The van der Waals surface area contributed by atoms with E-state index in [2.05, 4.69) is 32.9 Å². The largest absolute Gasteiger partial charge is 0.497 e. The Kier molecular flexibility index (Phi) is 6.54. The molecule has 2 amide bonds. The third-order valence-electron chi connectivity index (χ3n) is 4.65. The summed E-state index contributed by atoms with van der Waals surface area (Å²) in [5, 5.41) is 6.08. The smallest absolute Gasteiger partial charge is 0.405 e. The van der Waals surface area contributed by atoms with E-state index in [9.17, 15) is 18.0 Å². The maximum absolute atomic E-state index is 12.3. The van der Waals surface area contributed by atoms with Gasteiger partial charge in [-0.3, -0.25) is 9.67 Å². The van der Waals surface area contributed by atoms with Gasteiger partial charge in [-0.15, -0.1) is 0 Å². The van der Waals surface area contributed by atoms with Gasteiger partial charge in [-0.25, -0.2) is 19.1 Å². The van der Waals surface area contributed by atoms with Crippen LogP contribution in [0.5, 0.6) is 5.75 Å². The van der Waals surface area contributed by atoms with Crippen molar-refractivity contribution >= 4 is 35.8 Å². The number of thiol groups is 1. The Morgan fingerprint density at radius 3 is 2.79 bits per heavy atom. The molecule has 34 heavy (non-hydrogen) atoms. The summed E-state index contributed by atoms with van der Waals surface area (Å²) in [5.74, 6) is 0.744.